The lowest BCUT2D eigenvalue weighted by atomic mass is 10.0. The van der Waals surface area contributed by atoms with Gasteiger partial charge in [0.2, 0.25) is 21.9 Å². The van der Waals surface area contributed by atoms with Crippen molar-refractivity contribution in [2.45, 2.75) is 17.0 Å². The van der Waals surface area contributed by atoms with Gasteiger partial charge in [0.15, 0.2) is 16.7 Å². The van der Waals surface area contributed by atoms with E-state index < -0.39 is 32.4 Å². The Balaban J connectivity index is 1.74. The molecule has 3 heterocycles. The number of nitrogens with zero attached hydrogens (tertiary/aromatic N) is 3. The van der Waals surface area contributed by atoms with Crippen LogP contribution >= 0.6 is 11.6 Å². The van der Waals surface area contributed by atoms with E-state index in [1.165, 1.54) is 18.2 Å². The van der Waals surface area contributed by atoms with Crippen LogP contribution in [0.3, 0.4) is 0 Å². The van der Waals surface area contributed by atoms with Crippen LogP contribution in [-0.2, 0) is 14.8 Å². The summed E-state index contributed by atoms with van der Waals surface area (Å²) in [5.74, 6) is -0.754. The number of anilines is 3. The van der Waals surface area contributed by atoms with Gasteiger partial charge < -0.3 is 16.0 Å². The number of aromatic nitrogens is 3. The third-order valence-electron chi connectivity index (χ3n) is 5.20. The zero-order valence-corrected chi connectivity index (χ0v) is 19.3. The summed E-state index contributed by atoms with van der Waals surface area (Å²) in [6, 6.07) is 5.95. The molecule has 2 unspecified atom stereocenters. The SMILES string of the molecule is CNc1ncc2cc(-c3cccc(NS(=O)(=O)C4CC(Cl)CNC4=O)c3F)c(NC)nc2n1. The molecule has 3 aromatic rings. The van der Waals surface area contributed by atoms with E-state index in [0.717, 1.165) is 0 Å². The maximum Gasteiger partial charge on any atom is 0.244 e. The number of amides is 1. The van der Waals surface area contributed by atoms with Crippen molar-refractivity contribution in [3.8, 4) is 11.1 Å². The summed E-state index contributed by atoms with van der Waals surface area (Å²) in [6.45, 7) is 0.178. The highest BCUT2D eigenvalue weighted by Gasteiger charge is 2.38. The van der Waals surface area contributed by atoms with Gasteiger partial charge >= 0.3 is 0 Å². The Morgan fingerprint density at radius 2 is 1.97 bits per heavy atom. The van der Waals surface area contributed by atoms with Crippen LogP contribution in [0.1, 0.15) is 6.42 Å². The Kier molecular flexibility index (Phi) is 6.21. The molecule has 10 nitrogen and oxygen atoms in total. The van der Waals surface area contributed by atoms with Crippen molar-refractivity contribution in [3.63, 3.8) is 0 Å². The Hall–Kier alpha value is -3.25. The molecule has 1 aliphatic heterocycles. The molecule has 0 bridgehead atoms. The highest BCUT2D eigenvalue weighted by atomic mass is 35.5. The molecule has 4 N–H and O–H groups in total. The molecule has 174 valence electrons. The van der Waals surface area contributed by atoms with Crippen LogP contribution in [-0.4, -0.2) is 60.5 Å². The Bertz CT molecular complexity index is 1340. The van der Waals surface area contributed by atoms with E-state index in [1.54, 1.807) is 26.4 Å². The molecule has 2 aromatic heterocycles. The smallest absolute Gasteiger partial charge is 0.244 e. The summed E-state index contributed by atoms with van der Waals surface area (Å²) in [4.78, 5) is 25.0. The second-order valence-corrected chi connectivity index (χ2v) is 9.85. The van der Waals surface area contributed by atoms with Crippen molar-refractivity contribution < 1.29 is 17.6 Å². The number of benzene rings is 1. The van der Waals surface area contributed by atoms with E-state index in [-0.39, 0.29) is 24.2 Å². The average Bonchev–Trinajstić information content (AvgIpc) is 2.80. The topological polar surface area (TPSA) is 138 Å². The number of alkyl halides is 1. The molecule has 1 fully saturated rings. The van der Waals surface area contributed by atoms with E-state index in [9.17, 15) is 13.2 Å². The normalized spacial score (nSPS) is 18.6. The van der Waals surface area contributed by atoms with E-state index in [1.807, 2.05) is 0 Å². The highest BCUT2D eigenvalue weighted by Crippen LogP contribution is 2.34. The number of halogens is 2. The molecule has 0 aliphatic carbocycles. The standard InChI is InChI=1S/C20H21ClFN7O3S/c1-23-18-13(6-10-8-26-20(24-2)28-17(10)27-18)12-4-3-5-14(16(12)22)29-33(31,32)15-7-11(21)9-25-19(15)30/h3-6,8,11,15,29H,7,9H2,1-2H3,(H,25,30)(H2,23,24,26,27,28). The molecular weight excluding hydrogens is 473 g/mol. The van der Waals surface area contributed by atoms with Crippen molar-refractivity contribution in [1.29, 1.82) is 0 Å². The third kappa shape index (κ3) is 4.48. The minimum Gasteiger partial charge on any atom is -0.373 e. The van der Waals surface area contributed by atoms with Gasteiger partial charge in [-0.15, -0.1) is 11.6 Å². The minimum atomic E-state index is -4.24. The molecule has 2 atom stereocenters. The van der Waals surface area contributed by atoms with Gasteiger partial charge in [-0.1, -0.05) is 12.1 Å². The molecule has 1 aliphatic rings. The van der Waals surface area contributed by atoms with Gasteiger partial charge in [-0.05, 0) is 18.6 Å². The van der Waals surface area contributed by atoms with E-state index >= 15 is 4.39 Å². The number of carbonyl (C=O) groups is 1. The summed E-state index contributed by atoms with van der Waals surface area (Å²) in [5, 5.41) is 6.80. The van der Waals surface area contributed by atoms with Crippen LogP contribution in [0.2, 0.25) is 0 Å². The van der Waals surface area contributed by atoms with Gasteiger partial charge in [-0.3, -0.25) is 9.52 Å². The first-order valence-electron chi connectivity index (χ1n) is 9.99. The summed E-state index contributed by atoms with van der Waals surface area (Å²) >= 11 is 6.01. The molecular formula is C20H21ClFN7O3S. The fraction of sp³-hybridized carbons (Fsp3) is 0.300. The van der Waals surface area contributed by atoms with Gasteiger partial charge in [0.1, 0.15) is 5.82 Å². The van der Waals surface area contributed by atoms with Gasteiger partial charge in [-0.2, -0.15) is 4.98 Å². The lowest BCUT2D eigenvalue weighted by molar-refractivity contribution is -0.121. The molecule has 4 rings (SSSR count). The van der Waals surface area contributed by atoms with Gasteiger partial charge in [0, 0.05) is 43.4 Å². The first-order chi connectivity index (χ1) is 15.7. The number of fused-ring (bicyclic) bond motifs is 1. The zero-order valence-electron chi connectivity index (χ0n) is 17.7. The Labute approximate surface area is 194 Å². The molecule has 1 saturated heterocycles. The highest BCUT2D eigenvalue weighted by molar-refractivity contribution is 7.94. The van der Waals surface area contributed by atoms with Crippen LogP contribution in [0.4, 0.5) is 21.8 Å². The van der Waals surface area contributed by atoms with E-state index in [0.29, 0.717) is 28.4 Å². The molecule has 1 amide bonds. The fourth-order valence-corrected chi connectivity index (χ4v) is 5.36. The largest absolute Gasteiger partial charge is 0.373 e. The molecule has 0 radical (unpaired) electrons. The molecule has 0 spiro atoms. The fourth-order valence-electron chi connectivity index (χ4n) is 3.54. The predicted molar refractivity (Wildman–Crippen MR) is 125 cm³/mol. The maximum absolute atomic E-state index is 15.5. The van der Waals surface area contributed by atoms with Crippen molar-refractivity contribution >= 4 is 56.0 Å². The van der Waals surface area contributed by atoms with E-state index in [2.05, 4.69) is 35.6 Å². The first kappa shape index (κ1) is 22.9. The summed E-state index contributed by atoms with van der Waals surface area (Å²) < 4.78 is 43.4. The first-order valence-corrected chi connectivity index (χ1v) is 12.0. The molecule has 1 aromatic carbocycles. The van der Waals surface area contributed by atoms with Crippen LogP contribution in [0, 0.1) is 5.82 Å². The number of pyridine rings is 1. The van der Waals surface area contributed by atoms with Crippen molar-refractivity contribution in [1.82, 2.24) is 20.3 Å². The van der Waals surface area contributed by atoms with E-state index in [4.69, 9.17) is 11.6 Å². The van der Waals surface area contributed by atoms with Crippen LogP contribution in [0.15, 0.2) is 30.5 Å². The van der Waals surface area contributed by atoms with Gasteiger partial charge in [-0.25, -0.2) is 22.8 Å². The average molecular weight is 494 g/mol. The molecule has 0 saturated carbocycles. The molecule has 13 heteroatoms. The lowest BCUT2D eigenvalue weighted by Crippen LogP contribution is -2.50. The number of rotatable bonds is 6. The molecule has 33 heavy (non-hydrogen) atoms. The maximum atomic E-state index is 15.5. The number of nitrogens with one attached hydrogen (secondary N) is 4. The lowest BCUT2D eigenvalue weighted by Gasteiger charge is -2.26. The predicted octanol–water partition coefficient (Wildman–Crippen LogP) is 2.15. The summed E-state index contributed by atoms with van der Waals surface area (Å²) in [5.41, 5.74) is 0.607. The number of hydrogen-bond acceptors (Lipinski definition) is 8. The summed E-state index contributed by atoms with van der Waals surface area (Å²) in [7, 11) is -0.930. The van der Waals surface area contributed by atoms with Crippen LogP contribution in [0.5, 0.6) is 0 Å². The monoisotopic (exact) mass is 493 g/mol. The number of sulfonamides is 1. The van der Waals surface area contributed by atoms with Crippen molar-refractivity contribution in [2.75, 3.05) is 36.0 Å². The van der Waals surface area contributed by atoms with Gasteiger partial charge in [0.05, 0.1) is 11.1 Å². The Morgan fingerprint density at radius 3 is 2.70 bits per heavy atom. The number of piperidine rings is 1. The van der Waals surface area contributed by atoms with Gasteiger partial charge in [0.25, 0.3) is 0 Å². The van der Waals surface area contributed by atoms with Crippen molar-refractivity contribution in [2.24, 2.45) is 0 Å². The number of carbonyl (C=O) groups excluding carboxylic acids is 1. The minimum absolute atomic E-state index is 0.0723. The number of hydrogen-bond donors (Lipinski definition) is 4. The third-order valence-corrected chi connectivity index (χ3v) is 7.20. The quantitative estimate of drug-likeness (QED) is 0.383. The van der Waals surface area contributed by atoms with Crippen molar-refractivity contribution in [3.05, 3.63) is 36.3 Å². The van der Waals surface area contributed by atoms with Crippen LogP contribution < -0.4 is 20.7 Å². The van der Waals surface area contributed by atoms with Crippen LogP contribution in [0.25, 0.3) is 22.2 Å². The second-order valence-electron chi connectivity index (χ2n) is 7.37. The summed E-state index contributed by atoms with van der Waals surface area (Å²) in [6.07, 6.45) is 1.48. The Morgan fingerprint density at radius 1 is 1.18 bits per heavy atom. The second kappa shape index (κ2) is 8.94. The zero-order chi connectivity index (χ0) is 23.8.